The van der Waals surface area contributed by atoms with E-state index in [1.54, 1.807) is 6.20 Å². The zero-order valence-electron chi connectivity index (χ0n) is 8.21. The topological polar surface area (TPSA) is 54.6 Å². The second-order valence-electron chi connectivity index (χ2n) is 3.24. The van der Waals surface area contributed by atoms with Crippen molar-refractivity contribution in [1.29, 1.82) is 0 Å². The fourth-order valence-corrected chi connectivity index (χ4v) is 1.45. The highest BCUT2D eigenvalue weighted by Gasteiger charge is 2.01. The first-order chi connectivity index (χ1) is 7.18. The quantitative estimate of drug-likeness (QED) is 0.754. The maximum atomic E-state index is 10.4. The van der Waals surface area contributed by atoms with Crippen LogP contribution in [0.15, 0.2) is 30.6 Å². The van der Waals surface area contributed by atoms with Crippen molar-refractivity contribution in [2.45, 2.75) is 6.92 Å². The highest BCUT2D eigenvalue weighted by molar-refractivity contribution is 5.85. The number of hydrogen-bond donors (Lipinski definition) is 1. The molecule has 0 saturated carbocycles. The molecule has 76 valence electrons. The van der Waals surface area contributed by atoms with Crippen molar-refractivity contribution in [1.82, 2.24) is 9.38 Å². The van der Waals surface area contributed by atoms with E-state index in [9.17, 15) is 4.79 Å². The molecule has 0 unspecified atom stereocenters. The van der Waals surface area contributed by atoms with Crippen LogP contribution in [0.1, 0.15) is 11.3 Å². The number of pyridine rings is 1. The molecule has 4 heteroatoms. The highest BCUT2D eigenvalue weighted by Crippen LogP contribution is 2.11. The van der Waals surface area contributed by atoms with Crippen LogP contribution in [0.3, 0.4) is 0 Å². The number of carboxylic acid groups (broad SMARTS) is 1. The van der Waals surface area contributed by atoms with Gasteiger partial charge in [0.1, 0.15) is 5.65 Å². The molecule has 0 saturated heterocycles. The minimum Gasteiger partial charge on any atom is -0.478 e. The van der Waals surface area contributed by atoms with Crippen molar-refractivity contribution < 1.29 is 9.90 Å². The third-order valence-electron chi connectivity index (χ3n) is 2.16. The maximum Gasteiger partial charge on any atom is 0.328 e. The van der Waals surface area contributed by atoms with E-state index >= 15 is 0 Å². The predicted octanol–water partition coefficient (Wildman–Crippen LogP) is 1.74. The fourth-order valence-electron chi connectivity index (χ4n) is 1.45. The van der Waals surface area contributed by atoms with Crippen LogP contribution in [0.4, 0.5) is 0 Å². The number of carboxylic acids is 1. The molecular formula is C11H10N2O2. The lowest BCUT2D eigenvalue weighted by Gasteiger charge is -1.98. The fraction of sp³-hybridized carbons (Fsp3) is 0.0909. The Bertz CT molecular complexity index is 541. The van der Waals surface area contributed by atoms with E-state index in [-0.39, 0.29) is 0 Å². The minimum atomic E-state index is -0.961. The predicted molar refractivity (Wildman–Crippen MR) is 56.6 cm³/mol. The third-order valence-corrected chi connectivity index (χ3v) is 2.16. The number of aryl methyl sites for hydroxylation is 1. The lowest BCUT2D eigenvalue weighted by atomic mass is 10.3. The van der Waals surface area contributed by atoms with Crippen LogP contribution in [0.5, 0.6) is 0 Å². The average molecular weight is 202 g/mol. The van der Waals surface area contributed by atoms with Crippen LogP contribution in [0.25, 0.3) is 11.7 Å². The van der Waals surface area contributed by atoms with Gasteiger partial charge in [0.2, 0.25) is 0 Å². The lowest BCUT2D eigenvalue weighted by molar-refractivity contribution is -0.131. The molecule has 0 bridgehead atoms. The molecule has 1 N–H and O–H groups in total. The second-order valence-corrected chi connectivity index (χ2v) is 3.24. The minimum absolute atomic E-state index is 0.760. The molecule has 4 nitrogen and oxygen atoms in total. The van der Waals surface area contributed by atoms with E-state index in [0.29, 0.717) is 0 Å². The van der Waals surface area contributed by atoms with Crippen molar-refractivity contribution in [3.05, 3.63) is 41.9 Å². The van der Waals surface area contributed by atoms with E-state index in [2.05, 4.69) is 4.98 Å². The molecule has 2 aromatic heterocycles. The summed E-state index contributed by atoms with van der Waals surface area (Å²) in [6.45, 7) is 1.97. The number of aliphatic carboxylic acids is 1. The van der Waals surface area contributed by atoms with Gasteiger partial charge in [0.05, 0.1) is 11.9 Å². The number of imidazole rings is 1. The van der Waals surface area contributed by atoms with E-state index in [1.165, 1.54) is 6.08 Å². The van der Waals surface area contributed by atoms with Gasteiger partial charge in [0.15, 0.2) is 0 Å². The first-order valence-corrected chi connectivity index (χ1v) is 4.52. The zero-order chi connectivity index (χ0) is 10.8. The number of hydrogen-bond acceptors (Lipinski definition) is 2. The van der Waals surface area contributed by atoms with E-state index < -0.39 is 5.97 Å². The Hall–Kier alpha value is -2.10. The average Bonchev–Trinajstić information content (AvgIpc) is 2.59. The van der Waals surface area contributed by atoms with Gasteiger partial charge >= 0.3 is 5.97 Å². The number of fused-ring (bicyclic) bond motifs is 1. The molecule has 0 amide bonds. The summed E-state index contributed by atoms with van der Waals surface area (Å²) in [6, 6.07) is 3.87. The maximum absolute atomic E-state index is 10.4. The van der Waals surface area contributed by atoms with Gasteiger partial charge in [-0.3, -0.25) is 0 Å². The molecule has 0 aliphatic heterocycles. The van der Waals surface area contributed by atoms with Crippen molar-refractivity contribution in [3.8, 4) is 0 Å². The Labute approximate surface area is 86.5 Å². The number of nitrogens with zero attached hydrogens (tertiary/aromatic N) is 2. The van der Waals surface area contributed by atoms with Crippen LogP contribution >= 0.6 is 0 Å². The Balaban J connectivity index is 2.54. The summed E-state index contributed by atoms with van der Waals surface area (Å²) in [5.41, 5.74) is 2.67. The van der Waals surface area contributed by atoms with E-state index in [0.717, 1.165) is 23.0 Å². The highest BCUT2D eigenvalue weighted by atomic mass is 16.4. The van der Waals surface area contributed by atoms with Crippen molar-refractivity contribution in [2.24, 2.45) is 0 Å². The molecular weight excluding hydrogens is 192 g/mol. The van der Waals surface area contributed by atoms with Gasteiger partial charge in [-0.1, -0.05) is 6.07 Å². The summed E-state index contributed by atoms with van der Waals surface area (Å²) >= 11 is 0. The molecule has 0 aliphatic carbocycles. The van der Waals surface area contributed by atoms with Gasteiger partial charge in [-0.15, -0.1) is 0 Å². The summed E-state index contributed by atoms with van der Waals surface area (Å²) in [4.78, 5) is 14.6. The Morgan fingerprint density at radius 3 is 3.13 bits per heavy atom. The molecule has 15 heavy (non-hydrogen) atoms. The largest absolute Gasteiger partial charge is 0.478 e. The molecule has 2 rings (SSSR count). The van der Waals surface area contributed by atoms with Crippen LogP contribution < -0.4 is 0 Å². The number of aromatic nitrogens is 2. The van der Waals surface area contributed by atoms with Crippen LogP contribution in [-0.4, -0.2) is 20.5 Å². The molecule has 0 aromatic carbocycles. The summed E-state index contributed by atoms with van der Waals surface area (Å²) in [5.74, 6) is -0.961. The van der Waals surface area contributed by atoms with Crippen molar-refractivity contribution >= 4 is 17.7 Å². The molecule has 0 fully saturated rings. The number of carbonyl (C=O) groups is 1. The van der Waals surface area contributed by atoms with Crippen LogP contribution in [-0.2, 0) is 4.79 Å². The Morgan fingerprint density at radius 2 is 2.40 bits per heavy atom. The number of rotatable bonds is 2. The third kappa shape index (κ3) is 1.74. The smallest absolute Gasteiger partial charge is 0.328 e. The molecule has 0 spiro atoms. The molecule has 0 aliphatic rings. The van der Waals surface area contributed by atoms with Crippen LogP contribution in [0, 0.1) is 6.92 Å². The first-order valence-electron chi connectivity index (χ1n) is 4.52. The van der Waals surface area contributed by atoms with E-state index in [4.69, 9.17) is 5.11 Å². The zero-order valence-corrected chi connectivity index (χ0v) is 8.21. The van der Waals surface area contributed by atoms with Crippen molar-refractivity contribution in [3.63, 3.8) is 0 Å². The van der Waals surface area contributed by atoms with Crippen molar-refractivity contribution in [2.75, 3.05) is 0 Å². The SMILES string of the molecule is Cc1cccn2c(/C=C\C(=O)O)cnc12. The Morgan fingerprint density at radius 1 is 1.60 bits per heavy atom. The van der Waals surface area contributed by atoms with Gasteiger partial charge in [-0.2, -0.15) is 0 Å². The summed E-state index contributed by atoms with van der Waals surface area (Å²) in [6.07, 6.45) is 6.15. The second kappa shape index (κ2) is 3.57. The normalized spacial score (nSPS) is 11.3. The Kier molecular flexibility index (Phi) is 2.25. The van der Waals surface area contributed by atoms with Gasteiger partial charge < -0.3 is 9.51 Å². The lowest BCUT2D eigenvalue weighted by Crippen LogP contribution is -1.90. The molecule has 0 radical (unpaired) electrons. The van der Waals surface area contributed by atoms with Gasteiger partial charge in [0, 0.05) is 12.3 Å². The summed E-state index contributed by atoms with van der Waals surface area (Å²) < 4.78 is 1.86. The van der Waals surface area contributed by atoms with E-state index in [1.807, 2.05) is 29.7 Å². The van der Waals surface area contributed by atoms with Crippen LogP contribution in [0.2, 0.25) is 0 Å². The van der Waals surface area contributed by atoms with Gasteiger partial charge in [-0.05, 0) is 24.6 Å². The molecule has 2 heterocycles. The monoisotopic (exact) mass is 202 g/mol. The summed E-state index contributed by atoms with van der Waals surface area (Å²) in [5, 5.41) is 8.52. The first kappa shape index (κ1) is 9.45. The molecule has 0 atom stereocenters. The van der Waals surface area contributed by atoms with Gasteiger partial charge in [0.25, 0.3) is 0 Å². The standard InChI is InChI=1S/C11H10N2O2/c1-8-3-2-6-13-9(4-5-10(14)15)7-12-11(8)13/h2-7H,1H3,(H,14,15)/b5-4-. The summed E-state index contributed by atoms with van der Waals surface area (Å²) in [7, 11) is 0. The molecule has 2 aromatic rings. The van der Waals surface area contributed by atoms with Gasteiger partial charge in [-0.25, -0.2) is 9.78 Å².